The first-order valence-corrected chi connectivity index (χ1v) is 9.98. The highest BCUT2D eigenvalue weighted by Gasteiger charge is 2.32. The first-order chi connectivity index (χ1) is 14.0. The van der Waals surface area contributed by atoms with Gasteiger partial charge in [-0.3, -0.25) is 10.2 Å². The number of amides is 1. The van der Waals surface area contributed by atoms with E-state index < -0.39 is 6.04 Å². The highest BCUT2D eigenvalue weighted by atomic mass is 35.5. The number of rotatable bonds is 5. The summed E-state index contributed by atoms with van der Waals surface area (Å²) in [4.78, 5) is 21.1. The summed E-state index contributed by atoms with van der Waals surface area (Å²) in [6, 6.07) is 12.0. The first kappa shape index (κ1) is 19.2. The van der Waals surface area contributed by atoms with Gasteiger partial charge in [-0.15, -0.1) is 0 Å². The van der Waals surface area contributed by atoms with E-state index >= 15 is 0 Å². The summed E-state index contributed by atoms with van der Waals surface area (Å²) >= 11 is 7.13. The Kier molecular flexibility index (Phi) is 5.32. The molecule has 1 aliphatic rings. The SMILES string of the molecule is Nc1cc(N)nc(SCC(=O)N2NC(c3ccc(Cl)cc3)=C[C@H]2c2ccco2)n1. The number of nitrogens with zero attached hydrogens (tertiary/aromatic N) is 3. The van der Waals surface area contributed by atoms with Gasteiger partial charge in [0.25, 0.3) is 5.91 Å². The number of nitrogen functional groups attached to an aromatic ring is 2. The number of thioether (sulfide) groups is 1. The predicted octanol–water partition coefficient (Wildman–Crippen LogP) is 3.11. The molecule has 10 heteroatoms. The topological polar surface area (TPSA) is 123 Å². The summed E-state index contributed by atoms with van der Waals surface area (Å²) in [6.07, 6.45) is 3.50. The van der Waals surface area contributed by atoms with Crippen LogP contribution in [0, 0.1) is 0 Å². The molecule has 0 radical (unpaired) electrons. The Morgan fingerprint density at radius 3 is 2.59 bits per heavy atom. The van der Waals surface area contributed by atoms with Crippen molar-refractivity contribution in [1.29, 1.82) is 0 Å². The molecule has 0 fully saturated rings. The zero-order chi connectivity index (χ0) is 20.4. The second-order valence-corrected chi connectivity index (χ2v) is 7.59. The van der Waals surface area contributed by atoms with Crippen LogP contribution in [-0.4, -0.2) is 26.6 Å². The maximum absolute atomic E-state index is 13.0. The first-order valence-electron chi connectivity index (χ1n) is 8.62. The summed E-state index contributed by atoms with van der Waals surface area (Å²) in [6.45, 7) is 0. The van der Waals surface area contributed by atoms with Gasteiger partial charge in [0.1, 0.15) is 23.4 Å². The molecule has 0 bridgehead atoms. The number of nitrogens with two attached hydrogens (primary N) is 2. The average molecular weight is 429 g/mol. The number of nitrogens with one attached hydrogen (secondary N) is 1. The van der Waals surface area contributed by atoms with E-state index in [9.17, 15) is 4.79 Å². The molecule has 0 spiro atoms. The second-order valence-electron chi connectivity index (χ2n) is 6.21. The molecule has 148 valence electrons. The van der Waals surface area contributed by atoms with Crippen LogP contribution in [0.4, 0.5) is 11.6 Å². The molecule has 3 heterocycles. The van der Waals surface area contributed by atoms with Crippen LogP contribution in [-0.2, 0) is 4.79 Å². The van der Waals surface area contributed by atoms with Crippen molar-refractivity contribution in [1.82, 2.24) is 20.4 Å². The lowest BCUT2D eigenvalue weighted by atomic mass is 10.1. The van der Waals surface area contributed by atoms with Gasteiger partial charge in [0.2, 0.25) is 0 Å². The summed E-state index contributed by atoms with van der Waals surface area (Å²) in [5, 5.41) is 2.50. The third kappa shape index (κ3) is 4.30. The minimum atomic E-state index is -0.393. The van der Waals surface area contributed by atoms with Gasteiger partial charge >= 0.3 is 0 Å². The summed E-state index contributed by atoms with van der Waals surface area (Å²) in [5.74, 6) is 1.07. The molecular weight excluding hydrogens is 412 g/mol. The van der Waals surface area contributed by atoms with Crippen molar-refractivity contribution in [2.24, 2.45) is 0 Å². The quantitative estimate of drug-likeness (QED) is 0.418. The Labute approximate surface area is 175 Å². The fourth-order valence-electron chi connectivity index (χ4n) is 2.87. The van der Waals surface area contributed by atoms with Crippen molar-refractivity contribution >= 4 is 46.6 Å². The van der Waals surface area contributed by atoms with Crippen molar-refractivity contribution in [2.45, 2.75) is 11.2 Å². The summed E-state index contributed by atoms with van der Waals surface area (Å²) in [5.41, 5.74) is 16.2. The highest BCUT2D eigenvalue weighted by molar-refractivity contribution is 7.99. The lowest BCUT2D eigenvalue weighted by Gasteiger charge is -2.23. The van der Waals surface area contributed by atoms with Gasteiger partial charge in [0.15, 0.2) is 5.16 Å². The van der Waals surface area contributed by atoms with Crippen molar-refractivity contribution in [3.63, 3.8) is 0 Å². The van der Waals surface area contributed by atoms with Crippen LogP contribution < -0.4 is 16.9 Å². The molecule has 1 amide bonds. The third-order valence-corrected chi connectivity index (χ3v) is 5.26. The Bertz CT molecular complexity index is 1030. The number of hydrogen-bond donors (Lipinski definition) is 3. The van der Waals surface area contributed by atoms with E-state index in [2.05, 4.69) is 15.4 Å². The number of hydrogen-bond acceptors (Lipinski definition) is 8. The summed E-state index contributed by atoms with van der Waals surface area (Å²) < 4.78 is 5.53. The number of carbonyl (C=O) groups excluding carboxylic acids is 1. The molecule has 1 atom stereocenters. The van der Waals surface area contributed by atoms with E-state index in [1.54, 1.807) is 24.5 Å². The zero-order valence-electron chi connectivity index (χ0n) is 15.1. The van der Waals surface area contributed by atoms with Gasteiger partial charge in [-0.1, -0.05) is 35.5 Å². The van der Waals surface area contributed by atoms with Gasteiger partial charge in [0, 0.05) is 11.1 Å². The number of furan rings is 1. The highest BCUT2D eigenvalue weighted by Crippen LogP contribution is 2.32. The second kappa shape index (κ2) is 8.06. The van der Waals surface area contributed by atoms with Crippen molar-refractivity contribution in [3.05, 3.63) is 71.2 Å². The standard InChI is InChI=1S/C19H17ClN6O2S/c20-12-5-3-11(4-6-12)13-8-14(15-2-1-7-28-15)26(25-13)18(27)10-29-19-23-16(21)9-17(22)24-19/h1-9,14,25H,10H2,(H4,21,22,23,24)/t14-/m0/s1. The molecule has 1 aromatic carbocycles. The van der Waals surface area contributed by atoms with E-state index in [0.717, 1.165) is 23.0 Å². The van der Waals surface area contributed by atoms with Gasteiger partial charge in [-0.2, -0.15) is 0 Å². The maximum atomic E-state index is 13.0. The molecule has 0 aliphatic carbocycles. The average Bonchev–Trinajstić information content (AvgIpc) is 3.35. The molecule has 5 N–H and O–H groups in total. The lowest BCUT2D eigenvalue weighted by molar-refractivity contribution is -0.131. The van der Waals surface area contributed by atoms with Crippen molar-refractivity contribution in [2.75, 3.05) is 17.2 Å². The largest absolute Gasteiger partial charge is 0.467 e. The van der Waals surface area contributed by atoms with Gasteiger partial charge in [0.05, 0.1) is 17.7 Å². The molecule has 0 saturated carbocycles. The number of benzene rings is 1. The van der Waals surface area contributed by atoms with Gasteiger partial charge < -0.3 is 15.9 Å². The molecule has 3 aromatic rings. The van der Waals surface area contributed by atoms with Crippen LogP contribution in [0.25, 0.3) is 5.70 Å². The Morgan fingerprint density at radius 1 is 1.21 bits per heavy atom. The zero-order valence-corrected chi connectivity index (χ0v) is 16.7. The molecule has 1 aliphatic heterocycles. The van der Waals surface area contributed by atoms with Gasteiger partial charge in [-0.25, -0.2) is 15.0 Å². The molecular formula is C19H17ClN6O2S. The lowest BCUT2D eigenvalue weighted by Crippen LogP contribution is -2.40. The Hall–Kier alpha value is -3.17. The van der Waals surface area contributed by atoms with Crippen LogP contribution in [0.2, 0.25) is 5.02 Å². The third-order valence-electron chi connectivity index (χ3n) is 4.17. The van der Waals surface area contributed by atoms with Crippen LogP contribution in [0.1, 0.15) is 17.4 Å². The van der Waals surface area contributed by atoms with Crippen LogP contribution in [0.15, 0.2) is 64.4 Å². The monoisotopic (exact) mass is 428 g/mol. The van der Waals surface area contributed by atoms with E-state index in [0.29, 0.717) is 15.9 Å². The number of hydrazine groups is 1. The molecule has 2 aromatic heterocycles. The molecule has 8 nitrogen and oxygen atoms in total. The normalized spacial score (nSPS) is 15.8. The predicted molar refractivity (Wildman–Crippen MR) is 112 cm³/mol. The fraction of sp³-hybridized carbons (Fsp3) is 0.105. The molecule has 0 unspecified atom stereocenters. The van der Waals surface area contributed by atoms with Crippen LogP contribution >= 0.6 is 23.4 Å². The van der Waals surface area contributed by atoms with E-state index in [1.807, 2.05) is 24.3 Å². The number of carbonyl (C=O) groups is 1. The smallest absolute Gasteiger partial charge is 0.252 e. The van der Waals surface area contributed by atoms with Crippen LogP contribution in [0.5, 0.6) is 0 Å². The van der Waals surface area contributed by atoms with E-state index in [1.165, 1.54) is 11.1 Å². The maximum Gasteiger partial charge on any atom is 0.252 e. The Balaban J connectivity index is 1.53. The van der Waals surface area contributed by atoms with Gasteiger partial charge in [-0.05, 0) is 35.9 Å². The summed E-state index contributed by atoms with van der Waals surface area (Å²) in [7, 11) is 0. The number of halogens is 1. The fourth-order valence-corrected chi connectivity index (χ4v) is 3.73. The van der Waals surface area contributed by atoms with Crippen molar-refractivity contribution in [3.8, 4) is 0 Å². The number of aromatic nitrogens is 2. The molecule has 0 saturated heterocycles. The minimum Gasteiger partial charge on any atom is -0.467 e. The van der Waals surface area contributed by atoms with Crippen LogP contribution in [0.3, 0.4) is 0 Å². The molecule has 4 rings (SSSR count). The van der Waals surface area contributed by atoms with E-state index in [-0.39, 0.29) is 23.3 Å². The Morgan fingerprint density at radius 2 is 1.93 bits per heavy atom. The number of anilines is 2. The van der Waals surface area contributed by atoms with Crippen molar-refractivity contribution < 1.29 is 9.21 Å². The minimum absolute atomic E-state index is 0.0921. The van der Waals surface area contributed by atoms with E-state index in [4.69, 9.17) is 27.5 Å². The molecule has 29 heavy (non-hydrogen) atoms.